The van der Waals surface area contributed by atoms with Gasteiger partial charge in [0, 0.05) is 13.5 Å². The minimum Gasteiger partial charge on any atom is -0.479 e. The molecule has 4 heteroatoms. The van der Waals surface area contributed by atoms with E-state index >= 15 is 0 Å². The highest BCUT2D eigenvalue weighted by Gasteiger charge is 2.61. The molecular weight excluding hydrogens is 170 g/mol. The number of carboxylic acids is 1. The van der Waals surface area contributed by atoms with E-state index in [1.807, 2.05) is 0 Å². The molecule has 1 saturated carbocycles. The predicted octanol–water partition coefficient (Wildman–Crippen LogP) is 0.472. The van der Waals surface area contributed by atoms with Crippen LogP contribution in [0.25, 0.3) is 0 Å². The molecule has 13 heavy (non-hydrogen) atoms. The van der Waals surface area contributed by atoms with Crippen LogP contribution in [0.2, 0.25) is 0 Å². The number of hydrogen-bond donors (Lipinski definition) is 1. The fourth-order valence-electron chi connectivity index (χ4n) is 2.68. The molecule has 2 rings (SSSR count). The van der Waals surface area contributed by atoms with Crippen molar-refractivity contribution >= 4 is 11.9 Å². The molecule has 1 aliphatic carbocycles. The maximum atomic E-state index is 11.2. The molecule has 1 heterocycles. The molecule has 1 N–H and O–H groups in total. The number of carbonyl (C=O) groups excluding carboxylic acids is 1. The summed E-state index contributed by atoms with van der Waals surface area (Å²) in [4.78, 5) is 23.8. The molecule has 1 amide bonds. The van der Waals surface area contributed by atoms with Crippen LogP contribution in [0.15, 0.2) is 0 Å². The molecule has 2 aliphatic rings. The number of fused-ring (bicyclic) bond motifs is 1. The normalized spacial score (nSPS) is 36.7. The molecule has 0 unspecified atom stereocenters. The van der Waals surface area contributed by atoms with Crippen LogP contribution >= 0.6 is 0 Å². The molecule has 0 aromatic carbocycles. The topological polar surface area (TPSA) is 57.6 Å². The summed E-state index contributed by atoms with van der Waals surface area (Å²) in [5.41, 5.74) is -0.828. The summed E-state index contributed by atoms with van der Waals surface area (Å²) in [6, 6.07) is 0. The second-order valence-electron chi connectivity index (χ2n) is 3.92. The van der Waals surface area contributed by atoms with Crippen molar-refractivity contribution in [3.05, 3.63) is 0 Å². The lowest BCUT2D eigenvalue weighted by molar-refractivity contribution is -0.165. The van der Waals surface area contributed by atoms with E-state index in [-0.39, 0.29) is 11.8 Å². The lowest BCUT2D eigenvalue weighted by Crippen LogP contribution is -2.61. The zero-order valence-corrected chi connectivity index (χ0v) is 7.62. The van der Waals surface area contributed by atoms with Crippen molar-refractivity contribution in [3.8, 4) is 0 Å². The number of aliphatic carboxylic acids is 1. The molecule has 72 valence electrons. The number of rotatable bonds is 1. The summed E-state index contributed by atoms with van der Waals surface area (Å²) in [5.74, 6) is -0.727. The summed E-state index contributed by atoms with van der Waals surface area (Å²) >= 11 is 0. The maximum Gasteiger partial charge on any atom is 0.329 e. The molecule has 2 atom stereocenters. The summed E-state index contributed by atoms with van der Waals surface area (Å²) in [6.45, 7) is 2.07. The summed E-state index contributed by atoms with van der Waals surface area (Å²) < 4.78 is 0. The smallest absolute Gasteiger partial charge is 0.329 e. The Balaban J connectivity index is 2.31. The molecule has 0 spiro atoms. The first kappa shape index (κ1) is 8.53. The van der Waals surface area contributed by atoms with Crippen molar-refractivity contribution in [1.29, 1.82) is 0 Å². The molecule has 2 fully saturated rings. The molecule has 0 bridgehead atoms. The highest BCUT2D eigenvalue weighted by atomic mass is 16.4. The fourth-order valence-corrected chi connectivity index (χ4v) is 2.68. The lowest BCUT2D eigenvalue weighted by atomic mass is 9.67. The highest BCUT2D eigenvalue weighted by Crippen LogP contribution is 2.50. The van der Waals surface area contributed by atoms with Gasteiger partial charge < -0.3 is 10.0 Å². The average molecular weight is 183 g/mol. The van der Waals surface area contributed by atoms with Gasteiger partial charge >= 0.3 is 5.97 Å². The van der Waals surface area contributed by atoms with Gasteiger partial charge in [-0.2, -0.15) is 0 Å². The third-order valence-electron chi connectivity index (χ3n) is 3.48. The van der Waals surface area contributed by atoms with Gasteiger partial charge in [-0.3, -0.25) is 4.79 Å². The quantitative estimate of drug-likeness (QED) is 0.643. The highest BCUT2D eigenvalue weighted by molar-refractivity contribution is 5.88. The van der Waals surface area contributed by atoms with E-state index in [1.165, 1.54) is 11.8 Å². The molecular formula is C9H13NO3. The second kappa shape index (κ2) is 2.47. The Morgan fingerprint density at radius 3 is 2.46 bits per heavy atom. The van der Waals surface area contributed by atoms with Crippen molar-refractivity contribution in [2.24, 2.45) is 5.92 Å². The van der Waals surface area contributed by atoms with Crippen LogP contribution < -0.4 is 0 Å². The van der Waals surface area contributed by atoms with Gasteiger partial charge in [0.25, 0.3) is 0 Å². The van der Waals surface area contributed by atoms with Crippen LogP contribution in [-0.2, 0) is 9.59 Å². The Morgan fingerprint density at radius 1 is 1.46 bits per heavy atom. The largest absolute Gasteiger partial charge is 0.479 e. The summed E-state index contributed by atoms with van der Waals surface area (Å²) in [5, 5.41) is 9.12. The first-order valence-corrected chi connectivity index (χ1v) is 4.60. The SMILES string of the molecule is CC(=O)N1CC[C@@H]2CC[C@@]21C(=O)O. The van der Waals surface area contributed by atoms with E-state index < -0.39 is 11.5 Å². The van der Waals surface area contributed by atoms with Gasteiger partial charge in [-0.05, 0) is 25.2 Å². The average Bonchev–Trinajstić information content (AvgIpc) is 2.23. The van der Waals surface area contributed by atoms with E-state index in [4.69, 9.17) is 5.11 Å². The number of nitrogens with zero attached hydrogens (tertiary/aromatic N) is 1. The van der Waals surface area contributed by atoms with Crippen LogP contribution in [0.3, 0.4) is 0 Å². The van der Waals surface area contributed by atoms with Gasteiger partial charge in [-0.15, -0.1) is 0 Å². The zero-order chi connectivity index (χ0) is 9.64. The van der Waals surface area contributed by atoms with Gasteiger partial charge in [0.1, 0.15) is 5.54 Å². The van der Waals surface area contributed by atoms with Gasteiger partial charge in [-0.25, -0.2) is 4.79 Å². The van der Waals surface area contributed by atoms with Crippen molar-refractivity contribution in [2.45, 2.75) is 31.7 Å². The minimum absolute atomic E-state index is 0.107. The molecule has 1 aliphatic heterocycles. The van der Waals surface area contributed by atoms with Crippen LogP contribution in [0.4, 0.5) is 0 Å². The summed E-state index contributed by atoms with van der Waals surface area (Å²) in [6.07, 6.45) is 2.44. The van der Waals surface area contributed by atoms with E-state index in [9.17, 15) is 9.59 Å². The second-order valence-corrected chi connectivity index (χ2v) is 3.92. The molecule has 4 nitrogen and oxygen atoms in total. The predicted molar refractivity (Wildman–Crippen MR) is 45.1 cm³/mol. The Labute approximate surface area is 76.5 Å². The van der Waals surface area contributed by atoms with Crippen LogP contribution in [-0.4, -0.2) is 34.0 Å². The third kappa shape index (κ3) is 0.857. The number of amides is 1. The zero-order valence-electron chi connectivity index (χ0n) is 7.62. The fraction of sp³-hybridized carbons (Fsp3) is 0.778. The monoisotopic (exact) mass is 183 g/mol. The van der Waals surface area contributed by atoms with E-state index in [0.29, 0.717) is 13.0 Å². The lowest BCUT2D eigenvalue weighted by Gasteiger charge is -2.45. The number of hydrogen-bond acceptors (Lipinski definition) is 2. The first-order valence-electron chi connectivity index (χ1n) is 4.60. The Morgan fingerprint density at radius 2 is 2.15 bits per heavy atom. The van der Waals surface area contributed by atoms with Crippen molar-refractivity contribution < 1.29 is 14.7 Å². The van der Waals surface area contributed by atoms with Crippen LogP contribution in [0.1, 0.15) is 26.2 Å². The van der Waals surface area contributed by atoms with Gasteiger partial charge in [0.05, 0.1) is 0 Å². The van der Waals surface area contributed by atoms with Crippen molar-refractivity contribution in [1.82, 2.24) is 4.90 Å². The summed E-state index contributed by atoms with van der Waals surface area (Å²) in [7, 11) is 0. The van der Waals surface area contributed by atoms with E-state index in [0.717, 1.165) is 12.8 Å². The van der Waals surface area contributed by atoms with E-state index in [1.54, 1.807) is 0 Å². The number of carbonyl (C=O) groups is 2. The number of carboxylic acid groups (broad SMARTS) is 1. The van der Waals surface area contributed by atoms with Crippen molar-refractivity contribution in [2.75, 3.05) is 6.54 Å². The van der Waals surface area contributed by atoms with Crippen molar-refractivity contribution in [3.63, 3.8) is 0 Å². The van der Waals surface area contributed by atoms with Gasteiger partial charge in [-0.1, -0.05) is 0 Å². The van der Waals surface area contributed by atoms with Crippen LogP contribution in [0.5, 0.6) is 0 Å². The maximum absolute atomic E-state index is 11.2. The minimum atomic E-state index is -0.828. The first-order chi connectivity index (χ1) is 6.09. The third-order valence-corrected chi connectivity index (χ3v) is 3.48. The Hall–Kier alpha value is -1.06. The molecule has 0 radical (unpaired) electrons. The van der Waals surface area contributed by atoms with Gasteiger partial charge in [0.15, 0.2) is 0 Å². The number of likely N-dealkylation sites (tertiary alicyclic amines) is 1. The molecule has 0 aromatic heterocycles. The van der Waals surface area contributed by atoms with E-state index in [2.05, 4.69) is 0 Å². The molecule has 0 aromatic rings. The Kier molecular flexibility index (Phi) is 1.62. The standard InChI is InChI=1S/C9H13NO3/c1-6(11)10-5-3-7-2-4-9(7,10)8(12)13/h7H,2-5H2,1H3,(H,12,13)/t7-,9-/m0/s1. The van der Waals surface area contributed by atoms with Crippen LogP contribution in [0, 0.1) is 5.92 Å². The van der Waals surface area contributed by atoms with Gasteiger partial charge in [0.2, 0.25) is 5.91 Å². The molecule has 1 saturated heterocycles. The Bertz CT molecular complexity index is 276.